The summed E-state index contributed by atoms with van der Waals surface area (Å²) < 4.78 is 43.8. The molecule has 8 heteroatoms. The lowest BCUT2D eigenvalue weighted by Gasteiger charge is -2.25. The van der Waals surface area contributed by atoms with E-state index in [0.29, 0.717) is 27.4 Å². The van der Waals surface area contributed by atoms with Crippen molar-refractivity contribution in [1.82, 2.24) is 0 Å². The molecule has 0 radical (unpaired) electrons. The molecule has 0 aliphatic rings. The minimum absolute atomic E-state index is 0.153. The minimum atomic E-state index is -3.78. The van der Waals surface area contributed by atoms with Crippen LogP contribution in [0, 0.1) is 0 Å². The highest BCUT2D eigenvalue weighted by Gasteiger charge is 2.27. The van der Waals surface area contributed by atoms with Crippen LogP contribution in [0.5, 0.6) is 17.2 Å². The third-order valence-electron chi connectivity index (χ3n) is 3.65. The van der Waals surface area contributed by atoms with Gasteiger partial charge < -0.3 is 14.2 Å². The fourth-order valence-corrected chi connectivity index (χ4v) is 4.60. The van der Waals surface area contributed by atoms with Gasteiger partial charge >= 0.3 is 0 Å². The minimum Gasteiger partial charge on any atom is -0.497 e. The average Bonchev–Trinajstić information content (AvgIpc) is 2.62. The second kappa shape index (κ2) is 7.97. The molecule has 0 aliphatic heterocycles. The number of anilines is 1. The van der Waals surface area contributed by atoms with Gasteiger partial charge in [-0.05, 0) is 53.2 Å². The zero-order chi connectivity index (χ0) is 18.6. The molecule has 0 saturated carbocycles. The molecular weight excluding hydrogens is 410 g/mol. The maximum atomic E-state index is 13.1. The molecule has 0 amide bonds. The summed E-state index contributed by atoms with van der Waals surface area (Å²) in [6, 6.07) is 9.65. The molecule has 2 rings (SSSR count). The number of ether oxygens (including phenoxy) is 3. The Kier molecular flexibility index (Phi) is 6.18. The van der Waals surface area contributed by atoms with Gasteiger partial charge in [0, 0.05) is 12.6 Å². The Morgan fingerprint density at radius 3 is 2.16 bits per heavy atom. The van der Waals surface area contributed by atoms with Crippen molar-refractivity contribution in [3.8, 4) is 17.2 Å². The first kappa shape index (κ1) is 19.4. The van der Waals surface area contributed by atoms with Crippen LogP contribution in [0.1, 0.15) is 6.92 Å². The third-order valence-corrected chi connectivity index (χ3v) is 6.16. The van der Waals surface area contributed by atoms with Gasteiger partial charge in [-0.2, -0.15) is 0 Å². The standard InChI is InChI=1S/C17H20BrNO5S/c1-5-19(15-8-6-12(22-2)10-17(15)24-4)25(20,21)13-7-9-16(23-3)14(18)11-13/h6-11H,5H2,1-4H3. The van der Waals surface area contributed by atoms with Crippen molar-refractivity contribution in [3.63, 3.8) is 0 Å². The van der Waals surface area contributed by atoms with E-state index in [-0.39, 0.29) is 11.4 Å². The number of sulfonamides is 1. The van der Waals surface area contributed by atoms with E-state index < -0.39 is 10.0 Å². The SMILES string of the molecule is CCN(c1ccc(OC)cc1OC)S(=O)(=O)c1ccc(OC)c(Br)c1. The van der Waals surface area contributed by atoms with Crippen molar-refractivity contribution in [2.45, 2.75) is 11.8 Å². The first-order valence-corrected chi connectivity index (χ1v) is 9.70. The van der Waals surface area contributed by atoms with Crippen molar-refractivity contribution in [2.24, 2.45) is 0 Å². The molecule has 0 aliphatic carbocycles. The number of nitrogens with zero attached hydrogens (tertiary/aromatic N) is 1. The molecule has 2 aromatic carbocycles. The number of methoxy groups -OCH3 is 3. The van der Waals surface area contributed by atoms with Gasteiger partial charge in [0.25, 0.3) is 10.0 Å². The molecule has 0 unspecified atom stereocenters. The summed E-state index contributed by atoms with van der Waals surface area (Å²) in [4.78, 5) is 0.153. The average molecular weight is 430 g/mol. The molecule has 136 valence electrons. The van der Waals surface area contributed by atoms with E-state index in [4.69, 9.17) is 14.2 Å². The zero-order valence-electron chi connectivity index (χ0n) is 14.4. The van der Waals surface area contributed by atoms with Gasteiger partial charge in [0.15, 0.2) is 0 Å². The number of rotatable bonds is 7. The van der Waals surface area contributed by atoms with E-state index in [2.05, 4.69) is 15.9 Å². The first-order chi connectivity index (χ1) is 11.9. The van der Waals surface area contributed by atoms with E-state index in [1.807, 2.05) is 0 Å². The van der Waals surface area contributed by atoms with Crippen molar-refractivity contribution >= 4 is 31.6 Å². The Morgan fingerprint density at radius 1 is 0.960 bits per heavy atom. The summed E-state index contributed by atoms with van der Waals surface area (Å²) in [6.45, 7) is 2.01. The summed E-state index contributed by atoms with van der Waals surface area (Å²) in [5, 5.41) is 0. The molecule has 25 heavy (non-hydrogen) atoms. The lowest BCUT2D eigenvalue weighted by atomic mass is 10.2. The molecule has 0 fully saturated rings. The van der Waals surface area contributed by atoms with Crippen LogP contribution in [0.4, 0.5) is 5.69 Å². The number of halogens is 1. The molecule has 0 saturated heterocycles. The van der Waals surface area contributed by atoms with E-state index in [9.17, 15) is 8.42 Å². The Balaban J connectivity index is 2.54. The second-order valence-corrected chi connectivity index (χ2v) is 7.72. The summed E-state index contributed by atoms with van der Waals surface area (Å²) >= 11 is 3.32. The lowest BCUT2D eigenvalue weighted by Crippen LogP contribution is -2.31. The van der Waals surface area contributed by atoms with Gasteiger partial charge in [-0.15, -0.1) is 0 Å². The predicted molar refractivity (Wildman–Crippen MR) is 100 cm³/mol. The van der Waals surface area contributed by atoms with E-state index in [0.717, 1.165) is 0 Å². The van der Waals surface area contributed by atoms with Crippen LogP contribution in [0.15, 0.2) is 45.8 Å². The maximum Gasteiger partial charge on any atom is 0.264 e. The summed E-state index contributed by atoms with van der Waals surface area (Å²) in [6.07, 6.45) is 0. The van der Waals surface area contributed by atoms with Crippen LogP contribution in [-0.2, 0) is 10.0 Å². The quantitative estimate of drug-likeness (QED) is 0.671. The first-order valence-electron chi connectivity index (χ1n) is 7.47. The Morgan fingerprint density at radius 2 is 1.64 bits per heavy atom. The number of hydrogen-bond donors (Lipinski definition) is 0. The Labute approximate surface area is 156 Å². The van der Waals surface area contributed by atoms with Gasteiger partial charge in [0.05, 0.1) is 36.4 Å². The van der Waals surface area contributed by atoms with E-state index in [1.54, 1.807) is 31.2 Å². The smallest absolute Gasteiger partial charge is 0.264 e. The van der Waals surface area contributed by atoms with Crippen molar-refractivity contribution in [2.75, 3.05) is 32.2 Å². The molecule has 0 atom stereocenters. The topological polar surface area (TPSA) is 65.1 Å². The lowest BCUT2D eigenvalue weighted by molar-refractivity contribution is 0.395. The van der Waals surface area contributed by atoms with Gasteiger partial charge in [-0.1, -0.05) is 0 Å². The molecule has 2 aromatic rings. The number of hydrogen-bond acceptors (Lipinski definition) is 5. The van der Waals surface area contributed by atoms with Crippen molar-refractivity contribution in [1.29, 1.82) is 0 Å². The fraction of sp³-hybridized carbons (Fsp3) is 0.294. The molecule has 0 bridgehead atoms. The molecule has 0 aromatic heterocycles. The molecular formula is C17H20BrNO5S. The largest absolute Gasteiger partial charge is 0.497 e. The van der Waals surface area contributed by atoms with Gasteiger partial charge in [-0.25, -0.2) is 8.42 Å². The van der Waals surface area contributed by atoms with Crippen LogP contribution in [0.2, 0.25) is 0 Å². The van der Waals surface area contributed by atoms with Crippen LogP contribution < -0.4 is 18.5 Å². The van der Waals surface area contributed by atoms with Crippen LogP contribution in [0.25, 0.3) is 0 Å². The number of benzene rings is 2. The third kappa shape index (κ3) is 3.85. The summed E-state index contributed by atoms with van der Waals surface area (Å²) in [5.41, 5.74) is 0.442. The van der Waals surface area contributed by atoms with Crippen molar-refractivity contribution in [3.05, 3.63) is 40.9 Å². The molecule has 0 heterocycles. The Hall–Kier alpha value is -1.93. The van der Waals surface area contributed by atoms with Crippen LogP contribution >= 0.6 is 15.9 Å². The highest BCUT2D eigenvalue weighted by atomic mass is 79.9. The predicted octanol–water partition coefficient (Wildman–Crippen LogP) is 3.69. The van der Waals surface area contributed by atoms with Crippen LogP contribution in [0.3, 0.4) is 0 Å². The van der Waals surface area contributed by atoms with Crippen LogP contribution in [-0.4, -0.2) is 36.3 Å². The van der Waals surface area contributed by atoms with Gasteiger partial charge in [0.1, 0.15) is 17.2 Å². The highest BCUT2D eigenvalue weighted by molar-refractivity contribution is 9.10. The van der Waals surface area contributed by atoms with E-state index >= 15 is 0 Å². The monoisotopic (exact) mass is 429 g/mol. The summed E-state index contributed by atoms with van der Waals surface area (Å²) in [5.74, 6) is 1.56. The second-order valence-electron chi connectivity index (χ2n) is 5.00. The summed E-state index contributed by atoms with van der Waals surface area (Å²) in [7, 11) is 0.774. The fourth-order valence-electron chi connectivity index (χ4n) is 2.40. The Bertz CT molecular complexity index is 854. The molecule has 0 spiro atoms. The normalized spacial score (nSPS) is 11.1. The van der Waals surface area contributed by atoms with Crippen molar-refractivity contribution < 1.29 is 22.6 Å². The zero-order valence-corrected chi connectivity index (χ0v) is 16.8. The van der Waals surface area contributed by atoms with Gasteiger partial charge in [-0.3, -0.25) is 4.31 Å². The van der Waals surface area contributed by atoms with Gasteiger partial charge in [0.2, 0.25) is 0 Å². The maximum absolute atomic E-state index is 13.1. The molecule has 6 nitrogen and oxygen atoms in total. The van der Waals surface area contributed by atoms with E-state index in [1.165, 1.54) is 37.8 Å². The molecule has 0 N–H and O–H groups in total. The highest BCUT2D eigenvalue weighted by Crippen LogP contribution is 2.36.